The maximum atomic E-state index is 12.9. The van der Waals surface area contributed by atoms with Crippen LogP contribution in [0.2, 0.25) is 0 Å². The van der Waals surface area contributed by atoms with E-state index in [1.54, 1.807) is 35.0 Å². The summed E-state index contributed by atoms with van der Waals surface area (Å²) in [7, 11) is -2.56. The van der Waals surface area contributed by atoms with Gasteiger partial charge in [0.2, 0.25) is 10.0 Å². The minimum atomic E-state index is -3.82. The van der Waals surface area contributed by atoms with Gasteiger partial charge in [-0.3, -0.25) is 15.0 Å². The van der Waals surface area contributed by atoms with Crippen molar-refractivity contribution in [2.45, 2.75) is 4.90 Å². The maximum Gasteiger partial charge on any atom is 0.337 e. The number of anilines is 1. The lowest BCUT2D eigenvalue weighted by atomic mass is 10.2. The van der Waals surface area contributed by atoms with Crippen molar-refractivity contribution in [1.29, 1.82) is 0 Å². The van der Waals surface area contributed by atoms with Crippen molar-refractivity contribution in [3.8, 4) is 5.69 Å². The van der Waals surface area contributed by atoms with Gasteiger partial charge in [0, 0.05) is 17.6 Å². The minimum absolute atomic E-state index is 0.0301. The lowest BCUT2D eigenvalue weighted by Gasteiger charge is -2.14. The Balaban J connectivity index is 1.62. The number of benzene rings is 2. The monoisotopic (exact) mass is 466 g/mol. The van der Waals surface area contributed by atoms with E-state index in [2.05, 4.69) is 10.2 Å². The van der Waals surface area contributed by atoms with Gasteiger partial charge in [-0.1, -0.05) is 0 Å². The molecule has 4 rings (SSSR count). The summed E-state index contributed by atoms with van der Waals surface area (Å²) in [6.45, 7) is 0. The van der Waals surface area contributed by atoms with Crippen LogP contribution in [0.25, 0.3) is 11.8 Å². The number of carbonyl (C=O) groups is 3. The molecular formula is C22H18N4O6S. The molecule has 0 spiro atoms. The number of sulfonamides is 1. The van der Waals surface area contributed by atoms with Gasteiger partial charge in [-0.25, -0.2) is 23.4 Å². The minimum Gasteiger partial charge on any atom is -0.465 e. The smallest absolute Gasteiger partial charge is 0.337 e. The van der Waals surface area contributed by atoms with Crippen molar-refractivity contribution in [2.24, 2.45) is 5.14 Å². The molecule has 0 saturated carbocycles. The van der Waals surface area contributed by atoms with Crippen LogP contribution in [0.3, 0.4) is 0 Å². The molecule has 1 fully saturated rings. The average molecular weight is 466 g/mol. The van der Waals surface area contributed by atoms with Crippen LogP contribution in [0.5, 0.6) is 0 Å². The predicted octanol–water partition coefficient (Wildman–Crippen LogP) is 1.37. The zero-order valence-electron chi connectivity index (χ0n) is 17.3. The summed E-state index contributed by atoms with van der Waals surface area (Å²) in [6, 6.07) is 15.3. The van der Waals surface area contributed by atoms with Crippen molar-refractivity contribution in [3.63, 3.8) is 0 Å². The first kappa shape index (κ1) is 22.0. The van der Waals surface area contributed by atoms with Crippen molar-refractivity contribution in [1.82, 2.24) is 9.99 Å². The highest BCUT2D eigenvalue weighted by Gasteiger charge is 2.34. The van der Waals surface area contributed by atoms with E-state index < -0.39 is 27.8 Å². The van der Waals surface area contributed by atoms with Crippen molar-refractivity contribution < 1.29 is 27.5 Å². The molecule has 2 aromatic carbocycles. The molecule has 3 N–H and O–H groups in total. The molecule has 11 heteroatoms. The zero-order chi connectivity index (χ0) is 23.8. The van der Waals surface area contributed by atoms with E-state index >= 15 is 0 Å². The number of nitrogens with one attached hydrogen (secondary N) is 1. The van der Waals surface area contributed by atoms with E-state index in [-0.39, 0.29) is 10.5 Å². The van der Waals surface area contributed by atoms with Crippen LogP contribution < -0.4 is 15.6 Å². The third-order valence-corrected chi connectivity index (χ3v) is 5.88. The van der Waals surface area contributed by atoms with Crippen LogP contribution in [-0.4, -0.2) is 37.9 Å². The van der Waals surface area contributed by atoms with E-state index in [1.165, 1.54) is 49.6 Å². The number of hydrogen-bond acceptors (Lipinski definition) is 6. The number of amides is 2. The summed E-state index contributed by atoms with van der Waals surface area (Å²) < 4.78 is 29.3. The quantitative estimate of drug-likeness (QED) is 0.331. The first-order chi connectivity index (χ1) is 15.7. The van der Waals surface area contributed by atoms with Crippen LogP contribution in [0.1, 0.15) is 16.1 Å². The normalized spacial score (nSPS) is 15.1. The molecule has 0 aliphatic carbocycles. The van der Waals surface area contributed by atoms with Gasteiger partial charge in [-0.05, 0) is 66.7 Å². The van der Waals surface area contributed by atoms with Gasteiger partial charge in [0.1, 0.15) is 5.57 Å². The van der Waals surface area contributed by atoms with Crippen LogP contribution in [0, 0.1) is 0 Å². The Morgan fingerprint density at radius 2 is 1.64 bits per heavy atom. The van der Waals surface area contributed by atoms with Crippen molar-refractivity contribution in [2.75, 3.05) is 12.1 Å². The second-order valence-electron chi connectivity index (χ2n) is 7.02. The fourth-order valence-electron chi connectivity index (χ4n) is 3.29. The molecule has 1 saturated heterocycles. The number of primary sulfonamides is 1. The van der Waals surface area contributed by atoms with Gasteiger partial charge in [-0.2, -0.15) is 0 Å². The molecule has 1 aromatic heterocycles. The Hall–Kier alpha value is -4.22. The third kappa shape index (κ3) is 4.27. The molecule has 2 heterocycles. The van der Waals surface area contributed by atoms with Gasteiger partial charge >= 0.3 is 5.97 Å². The van der Waals surface area contributed by atoms with Crippen LogP contribution in [0.4, 0.5) is 5.69 Å². The molecule has 168 valence electrons. The Bertz CT molecular complexity index is 1390. The van der Waals surface area contributed by atoms with Crippen molar-refractivity contribution >= 4 is 39.6 Å². The van der Waals surface area contributed by atoms with E-state index in [0.717, 1.165) is 5.01 Å². The van der Waals surface area contributed by atoms with Gasteiger partial charge < -0.3 is 9.30 Å². The number of aromatic nitrogens is 1. The van der Waals surface area contributed by atoms with Gasteiger partial charge in [0.15, 0.2) is 0 Å². The molecule has 3 aromatic rings. The maximum absolute atomic E-state index is 12.9. The highest BCUT2D eigenvalue weighted by Crippen LogP contribution is 2.24. The Kier molecular flexibility index (Phi) is 5.58. The van der Waals surface area contributed by atoms with Gasteiger partial charge in [0.05, 0.1) is 23.3 Å². The van der Waals surface area contributed by atoms with Crippen LogP contribution >= 0.6 is 0 Å². The Labute approximate surface area is 188 Å². The van der Waals surface area contributed by atoms with Crippen LogP contribution in [0.15, 0.2) is 77.3 Å². The largest absolute Gasteiger partial charge is 0.465 e. The second kappa shape index (κ2) is 8.37. The fourth-order valence-corrected chi connectivity index (χ4v) is 3.81. The lowest BCUT2D eigenvalue weighted by Crippen LogP contribution is -2.35. The number of nitrogens with zero attached hydrogens (tertiary/aromatic N) is 2. The molecule has 0 radical (unpaired) electrons. The zero-order valence-corrected chi connectivity index (χ0v) is 18.1. The number of ether oxygens (including phenoxy) is 1. The number of hydrazine groups is 1. The Morgan fingerprint density at radius 1 is 1.00 bits per heavy atom. The molecule has 0 unspecified atom stereocenters. The summed E-state index contributed by atoms with van der Waals surface area (Å²) in [5.74, 6) is -1.67. The first-order valence-electron chi connectivity index (χ1n) is 9.55. The summed E-state index contributed by atoms with van der Waals surface area (Å²) >= 11 is 0. The summed E-state index contributed by atoms with van der Waals surface area (Å²) in [5, 5.41) is 6.22. The van der Waals surface area contributed by atoms with E-state index in [9.17, 15) is 22.8 Å². The highest BCUT2D eigenvalue weighted by atomic mass is 32.2. The molecular weight excluding hydrogens is 448 g/mol. The van der Waals surface area contributed by atoms with Gasteiger partial charge in [0.25, 0.3) is 11.8 Å². The molecule has 10 nitrogen and oxygen atoms in total. The predicted molar refractivity (Wildman–Crippen MR) is 119 cm³/mol. The number of rotatable bonds is 5. The molecule has 0 bridgehead atoms. The van der Waals surface area contributed by atoms with Crippen LogP contribution in [-0.2, 0) is 24.3 Å². The molecule has 1 aliphatic rings. The molecule has 2 amide bonds. The summed E-state index contributed by atoms with van der Waals surface area (Å²) in [5.41, 5.74) is 4.23. The molecule has 33 heavy (non-hydrogen) atoms. The highest BCUT2D eigenvalue weighted by molar-refractivity contribution is 7.89. The molecule has 1 aliphatic heterocycles. The first-order valence-corrected chi connectivity index (χ1v) is 11.1. The third-order valence-electron chi connectivity index (χ3n) is 4.95. The topological polar surface area (TPSA) is 141 Å². The Morgan fingerprint density at radius 3 is 2.24 bits per heavy atom. The average Bonchev–Trinajstić information content (AvgIpc) is 3.38. The number of hydrogen-bond donors (Lipinski definition) is 2. The number of esters is 1. The van der Waals surface area contributed by atoms with E-state index in [0.29, 0.717) is 22.6 Å². The SMILES string of the molecule is COC(=O)c1ccc(N2NC(=O)/C(=C\c3cccn3-c3ccc(S(N)(=O)=O)cc3)C2=O)cc1. The van der Waals surface area contributed by atoms with Crippen molar-refractivity contribution in [3.05, 3.63) is 83.7 Å². The number of methoxy groups -OCH3 is 1. The fraction of sp³-hybridized carbons (Fsp3) is 0.0455. The second-order valence-corrected chi connectivity index (χ2v) is 8.58. The summed E-state index contributed by atoms with van der Waals surface area (Å²) in [6.07, 6.45) is 3.15. The van der Waals surface area contributed by atoms with E-state index in [4.69, 9.17) is 5.14 Å². The van der Waals surface area contributed by atoms with E-state index in [1.807, 2.05) is 0 Å². The standard InChI is InChI=1S/C22H18N4O6S/c1-32-22(29)14-4-6-16(7-5-14)26-21(28)19(20(27)24-26)13-17-3-2-12-25(17)15-8-10-18(11-9-15)33(23,30)31/h2-13H,1H3,(H,24,27)(H2,23,30,31)/b19-13+. The number of carbonyl (C=O) groups excluding carboxylic acids is 3. The molecule has 0 atom stereocenters. The lowest BCUT2D eigenvalue weighted by molar-refractivity contribution is -0.117. The summed E-state index contributed by atoms with van der Waals surface area (Å²) in [4.78, 5) is 37.0. The van der Waals surface area contributed by atoms with Gasteiger partial charge in [-0.15, -0.1) is 0 Å². The number of nitrogens with two attached hydrogens (primary N) is 1.